The molecular weight excluding hydrogens is 444 g/mol. The van der Waals surface area contributed by atoms with Crippen LogP contribution in [0.4, 0.5) is 4.79 Å². The number of pyridine rings is 1. The highest BCUT2D eigenvalue weighted by molar-refractivity contribution is 7.13. The van der Waals surface area contributed by atoms with E-state index in [-0.39, 0.29) is 0 Å². The molecule has 0 spiro atoms. The molecule has 0 unspecified atom stereocenters. The Labute approximate surface area is 201 Å². The number of nitrogens with zero attached hydrogens (tertiary/aromatic N) is 1. The molecule has 0 bridgehead atoms. The van der Waals surface area contributed by atoms with Crippen molar-refractivity contribution in [1.29, 1.82) is 0 Å². The van der Waals surface area contributed by atoms with Crippen LogP contribution in [0.25, 0.3) is 10.4 Å². The molecule has 0 aromatic carbocycles. The third kappa shape index (κ3) is 15.7. The fraction of sp³-hybridized carbons (Fsp3) is 0.542. The molecule has 0 saturated carbocycles. The maximum absolute atomic E-state index is 11.5. The highest BCUT2D eigenvalue weighted by atomic mass is 32.1. The molecule has 2 heterocycles. The average Bonchev–Trinajstić information content (AvgIpc) is 3.21. The van der Waals surface area contributed by atoms with Crippen molar-refractivity contribution in [2.24, 2.45) is 0 Å². The molecule has 2 aromatic heterocycles. The van der Waals surface area contributed by atoms with Gasteiger partial charge in [-0.15, -0.1) is 11.3 Å². The highest BCUT2D eigenvalue weighted by Gasteiger charge is 2.15. The molecule has 33 heavy (non-hydrogen) atoms. The van der Waals surface area contributed by atoms with Gasteiger partial charge in [0.25, 0.3) is 6.47 Å². The van der Waals surface area contributed by atoms with Gasteiger partial charge in [-0.3, -0.25) is 4.79 Å². The summed E-state index contributed by atoms with van der Waals surface area (Å²) in [5.74, 6) is 0.573. The van der Waals surface area contributed by atoms with Crippen LogP contribution < -0.4 is 10.1 Å². The second kappa shape index (κ2) is 17.9. The van der Waals surface area contributed by atoms with Gasteiger partial charge in [0.1, 0.15) is 12.2 Å². The van der Waals surface area contributed by atoms with Crippen molar-refractivity contribution in [3.05, 3.63) is 35.3 Å². The number of carbonyl (C=O) groups excluding carboxylic acids is 2. The second-order valence-corrected chi connectivity index (χ2v) is 8.22. The second-order valence-electron chi connectivity index (χ2n) is 7.31. The summed E-state index contributed by atoms with van der Waals surface area (Å²) in [7, 11) is 0. The topological polar surface area (TPSA) is 96.0 Å². The molecule has 0 aliphatic carbocycles. The van der Waals surface area contributed by atoms with Crippen molar-refractivity contribution in [2.45, 2.75) is 54.1 Å². The minimum absolute atomic E-state index is 0.389. The Hall–Kier alpha value is -2.65. The predicted molar refractivity (Wildman–Crippen MR) is 132 cm³/mol. The monoisotopic (exact) mass is 482 g/mol. The van der Waals surface area contributed by atoms with E-state index in [1.165, 1.54) is 10.4 Å². The fourth-order valence-corrected chi connectivity index (χ4v) is 3.04. The van der Waals surface area contributed by atoms with Crippen LogP contribution in [0.1, 0.15) is 47.1 Å². The number of carbonyl (C=O) groups is 2. The smallest absolute Gasteiger partial charge is 0.407 e. The number of ether oxygens (including phenoxy) is 4. The molecule has 0 aliphatic heterocycles. The van der Waals surface area contributed by atoms with Crippen molar-refractivity contribution in [1.82, 2.24) is 10.3 Å². The third-order valence-corrected chi connectivity index (χ3v) is 4.47. The first kappa shape index (κ1) is 30.4. The normalized spacial score (nSPS) is 10.0. The lowest BCUT2D eigenvalue weighted by molar-refractivity contribution is -0.128. The zero-order chi connectivity index (χ0) is 25.1. The van der Waals surface area contributed by atoms with Crippen molar-refractivity contribution in [3.8, 4) is 16.3 Å². The number of aromatic nitrogens is 1. The van der Waals surface area contributed by atoms with Crippen molar-refractivity contribution >= 4 is 23.9 Å². The highest BCUT2D eigenvalue weighted by Crippen LogP contribution is 2.28. The Morgan fingerprint density at radius 2 is 1.91 bits per heavy atom. The van der Waals surface area contributed by atoms with Crippen LogP contribution in [-0.2, 0) is 19.0 Å². The van der Waals surface area contributed by atoms with Gasteiger partial charge in [0.2, 0.25) is 5.88 Å². The first-order valence-electron chi connectivity index (χ1n) is 11.0. The van der Waals surface area contributed by atoms with Gasteiger partial charge in [-0.05, 0) is 63.3 Å². The maximum atomic E-state index is 11.5. The van der Waals surface area contributed by atoms with Gasteiger partial charge in [0.15, 0.2) is 0 Å². The van der Waals surface area contributed by atoms with E-state index < -0.39 is 11.7 Å². The van der Waals surface area contributed by atoms with E-state index in [0.29, 0.717) is 45.3 Å². The minimum Gasteiger partial charge on any atom is -0.475 e. The summed E-state index contributed by atoms with van der Waals surface area (Å²) in [6.07, 6.45) is 1.30. The van der Waals surface area contributed by atoms with E-state index in [0.717, 1.165) is 5.56 Å². The SMILES string of the molecule is CC.CCOC=O.Cc1csc(-c2ccnc(OCCOCCNC(=O)OC(C)(C)C)c2)c1. The fourth-order valence-electron chi connectivity index (χ4n) is 2.14. The summed E-state index contributed by atoms with van der Waals surface area (Å²) < 4.78 is 20.3. The Morgan fingerprint density at radius 3 is 2.45 bits per heavy atom. The van der Waals surface area contributed by atoms with Gasteiger partial charge in [0.05, 0.1) is 19.8 Å². The lowest BCUT2D eigenvalue weighted by Crippen LogP contribution is -2.34. The Bertz CT molecular complexity index is 789. The standard InChI is InChI=1S/C19H26N2O4S.C3H6O2.C2H6/c1-14-11-16(26-13-14)15-5-6-20-17(12-15)24-10-9-23-8-7-21-18(22)25-19(2,3)4;1-2-5-3-4;1-2/h5-6,11-13H,7-10H2,1-4H3,(H,21,22);3H,2H2,1H3;1-2H3. The number of nitrogens with one attached hydrogen (secondary N) is 1. The van der Waals surface area contributed by atoms with Crippen LogP contribution in [0.3, 0.4) is 0 Å². The van der Waals surface area contributed by atoms with Gasteiger partial charge in [-0.2, -0.15) is 0 Å². The minimum atomic E-state index is -0.498. The Morgan fingerprint density at radius 1 is 1.18 bits per heavy atom. The molecule has 9 heteroatoms. The van der Waals surface area contributed by atoms with Crippen LogP contribution in [0, 0.1) is 6.92 Å². The number of rotatable bonds is 10. The number of aryl methyl sites for hydroxylation is 1. The van der Waals surface area contributed by atoms with E-state index in [9.17, 15) is 9.59 Å². The van der Waals surface area contributed by atoms with Gasteiger partial charge in [-0.1, -0.05) is 13.8 Å². The van der Waals surface area contributed by atoms with E-state index in [1.807, 2.05) is 46.8 Å². The van der Waals surface area contributed by atoms with Crippen molar-refractivity contribution in [2.75, 3.05) is 33.0 Å². The zero-order valence-electron chi connectivity index (χ0n) is 20.8. The summed E-state index contributed by atoms with van der Waals surface area (Å²) in [6, 6.07) is 6.04. The lowest BCUT2D eigenvalue weighted by Gasteiger charge is -2.19. The first-order valence-corrected chi connectivity index (χ1v) is 11.9. The molecule has 0 aliphatic rings. The molecule has 8 nitrogen and oxygen atoms in total. The van der Waals surface area contributed by atoms with Gasteiger partial charge >= 0.3 is 6.09 Å². The number of hydrogen-bond donors (Lipinski definition) is 1. The molecule has 0 atom stereocenters. The van der Waals surface area contributed by atoms with Crippen molar-refractivity contribution in [3.63, 3.8) is 0 Å². The number of alkyl carbamates (subject to hydrolysis) is 1. The Kier molecular flexibility index (Phi) is 16.4. The van der Waals surface area contributed by atoms with E-state index in [4.69, 9.17) is 14.2 Å². The largest absolute Gasteiger partial charge is 0.475 e. The van der Waals surface area contributed by atoms with Gasteiger partial charge < -0.3 is 24.3 Å². The van der Waals surface area contributed by atoms with Crippen LogP contribution >= 0.6 is 11.3 Å². The Balaban J connectivity index is 0.00000129. The van der Waals surface area contributed by atoms with E-state index in [1.54, 1.807) is 24.5 Å². The molecule has 2 rings (SSSR count). The summed E-state index contributed by atoms with van der Waals surface area (Å²) in [6.45, 7) is 15.8. The summed E-state index contributed by atoms with van der Waals surface area (Å²) in [4.78, 5) is 26.1. The molecule has 0 radical (unpaired) electrons. The molecule has 1 amide bonds. The third-order valence-electron chi connectivity index (χ3n) is 3.38. The molecule has 0 fully saturated rings. The van der Waals surface area contributed by atoms with Crippen LogP contribution in [0.15, 0.2) is 29.8 Å². The molecule has 0 saturated heterocycles. The average molecular weight is 483 g/mol. The zero-order valence-corrected chi connectivity index (χ0v) is 21.6. The van der Waals surface area contributed by atoms with E-state index >= 15 is 0 Å². The maximum Gasteiger partial charge on any atom is 0.407 e. The number of thiophene rings is 1. The quantitative estimate of drug-likeness (QED) is 0.365. The van der Waals surface area contributed by atoms with Crippen molar-refractivity contribution < 1.29 is 28.5 Å². The molecule has 1 N–H and O–H groups in total. The lowest BCUT2D eigenvalue weighted by atomic mass is 10.2. The number of amides is 1. The summed E-state index contributed by atoms with van der Waals surface area (Å²) in [5.41, 5.74) is 1.84. The summed E-state index contributed by atoms with van der Waals surface area (Å²) >= 11 is 1.70. The molecule has 2 aromatic rings. The van der Waals surface area contributed by atoms with Crippen LogP contribution in [0.2, 0.25) is 0 Å². The summed E-state index contributed by atoms with van der Waals surface area (Å²) in [5, 5.41) is 4.76. The first-order chi connectivity index (χ1) is 15.7. The molecular formula is C24H38N2O6S. The van der Waals surface area contributed by atoms with E-state index in [2.05, 4.69) is 33.4 Å². The van der Waals surface area contributed by atoms with Crippen LogP contribution in [0.5, 0.6) is 5.88 Å². The predicted octanol–water partition coefficient (Wildman–Crippen LogP) is 5.24. The van der Waals surface area contributed by atoms with Gasteiger partial charge in [-0.25, -0.2) is 9.78 Å². The van der Waals surface area contributed by atoms with Gasteiger partial charge in [0, 0.05) is 23.7 Å². The molecule has 186 valence electrons. The number of hydrogen-bond acceptors (Lipinski definition) is 8. The van der Waals surface area contributed by atoms with Crippen LogP contribution in [-0.4, -0.2) is 56.1 Å².